The highest BCUT2D eigenvalue weighted by atomic mass is 32.1. The van der Waals surface area contributed by atoms with Crippen LogP contribution in [0.4, 0.5) is 0 Å². The van der Waals surface area contributed by atoms with Crippen molar-refractivity contribution in [1.82, 2.24) is 0 Å². The topological polar surface area (TPSA) is 69.1 Å². The lowest BCUT2D eigenvalue weighted by Crippen LogP contribution is -2.54. The molecule has 0 bridgehead atoms. The van der Waals surface area contributed by atoms with Gasteiger partial charge in [-0.1, -0.05) is 0 Å². The van der Waals surface area contributed by atoms with Crippen LogP contribution >= 0.6 is 22.7 Å². The second kappa shape index (κ2) is 2.76. The number of fused-ring (bicyclic) bond motifs is 3. The summed E-state index contributed by atoms with van der Waals surface area (Å²) in [5, 5.41) is 3.81. The number of hydrogen-bond acceptors (Lipinski definition) is 5. The minimum atomic E-state index is -1.36. The van der Waals surface area contributed by atoms with Gasteiger partial charge in [0.25, 0.3) is 0 Å². The third kappa shape index (κ3) is 1.03. The highest BCUT2D eigenvalue weighted by Crippen LogP contribution is 2.44. The summed E-state index contributed by atoms with van der Waals surface area (Å²) in [5.41, 5.74) is 11.8. The Bertz CT molecular complexity index is 553. The molecule has 4 N–H and O–H groups in total. The lowest BCUT2D eigenvalue weighted by atomic mass is 9.87. The summed E-state index contributed by atoms with van der Waals surface area (Å²) in [5.74, 6) is -0.190. The molecule has 2 heterocycles. The SMILES string of the molecule is NC1(N)C(=O)c2ccsc2-c2sccc21. The van der Waals surface area contributed by atoms with Gasteiger partial charge < -0.3 is 11.5 Å². The van der Waals surface area contributed by atoms with E-state index in [1.165, 1.54) is 0 Å². The van der Waals surface area contributed by atoms with Crippen LogP contribution in [0.25, 0.3) is 9.75 Å². The summed E-state index contributed by atoms with van der Waals surface area (Å²) in [6.45, 7) is 0. The molecule has 2 aromatic heterocycles. The van der Waals surface area contributed by atoms with Gasteiger partial charge in [-0.15, -0.1) is 22.7 Å². The maximum absolute atomic E-state index is 12.0. The highest BCUT2D eigenvalue weighted by Gasteiger charge is 2.41. The molecule has 5 heteroatoms. The summed E-state index contributed by atoms with van der Waals surface area (Å²) in [7, 11) is 0. The Kier molecular flexibility index (Phi) is 1.70. The van der Waals surface area contributed by atoms with E-state index >= 15 is 0 Å². The molecule has 0 saturated heterocycles. The number of carbonyl (C=O) groups excluding carboxylic acids is 1. The van der Waals surface area contributed by atoms with Crippen molar-refractivity contribution in [2.45, 2.75) is 5.66 Å². The van der Waals surface area contributed by atoms with Crippen LogP contribution in [0.5, 0.6) is 0 Å². The number of hydrogen-bond donors (Lipinski definition) is 2. The van der Waals surface area contributed by atoms with Crippen LogP contribution < -0.4 is 11.5 Å². The first kappa shape index (κ1) is 9.23. The first-order valence-corrected chi connectivity index (χ1v) is 6.16. The molecule has 2 aromatic rings. The number of Topliss-reactive ketones (excluding diaryl/α,β-unsaturated/α-hetero) is 1. The smallest absolute Gasteiger partial charge is 0.203 e. The third-order valence-electron chi connectivity index (χ3n) is 2.60. The molecule has 0 amide bonds. The van der Waals surface area contributed by atoms with Crippen molar-refractivity contribution in [2.75, 3.05) is 0 Å². The van der Waals surface area contributed by atoms with Crippen LogP contribution in [0.1, 0.15) is 15.9 Å². The Balaban J connectivity index is 2.41. The highest BCUT2D eigenvalue weighted by molar-refractivity contribution is 7.21. The van der Waals surface area contributed by atoms with E-state index in [0.717, 1.165) is 15.3 Å². The van der Waals surface area contributed by atoms with E-state index < -0.39 is 5.66 Å². The fourth-order valence-electron chi connectivity index (χ4n) is 1.82. The zero-order valence-electron chi connectivity index (χ0n) is 7.69. The maximum atomic E-state index is 12.0. The van der Waals surface area contributed by atoms with Gasteiger partial charge in [0.2, 0.25) is 5.78 Å². The minimum absolute atomic E-state index is 0.190. The van der Waals surface area contributed by atoms with Gasteiger partial charge in [-0.3, -0.25) is 4.79 Å². The van der Waals surface area contributed by atoms with E-state index in [9.17, 15) is 4.79 Å². The van der Waals surface area contributed by atoms with Crippen LogP contribution in [0, 0.1) is 0 Å². The van der Waals surface area contributed by atoms with Gasteiger partial charge in [0.1, 0.15) is 0 Å². The largest absolute Gasteiger partial charge is 0.303 e. The standard InChI is InChI=1S/C10H8N2OS2/c11-10(12)6-2-4-15-8(6)7-5(9(10)13)1-3-14-7/h1-4H,11-12H2. The van der Waals surface area contributed by atoms with Gasteiger partial charge in [-0.2, -0.15) is 0 Å². The van der Waals surface area contributed by atoms with Crippen molar-refractivity contribution < 1.29 is 4.79 Å². The Morgan fingerprint density at radius 2 is 1.73 bits per heavy atom. The van der Waals surface area contributed by atoms with E-state index in [1.807, 2.05) is 16.8 Å². The zero-order valence-corrected chi connectivity index (χ0v) is 9.32. The quantitative estimate of drug-likeness (QED) is 0.685. The Morgan fingerprint density at radius 3 is 2.53 bits per heavy atom. The summed E-state index contributed by atoms with van der Waals surface area (Å²) < 4.78 is 0. The average Bonchev–Trinajstić information content (AvgIpc) is 2.82. The molecule has 76 valence electrons. The van der Waals surface area contributed by atoms with E-state index in [1.54, 1.807) is 28.7 Å². The summed E-state index contributed by atoms with van der Waals surface area (Å²) in [4.78, 5) is 14.1. The van der Waals surface area contributed by atoms with Crippen LogP contribution in [0.3, 0.4) is 0 Å². The Morgan fingerprint density at radius 1 is 1.07 bits per heavy atom. The number of nitrogens with two attached hydrogens (primary N) is 2. The molecule has 3 rings (SSSR count). The molecule has 0 aromatic carbocycles. The number of rotatable bonds is 0. The van der Waals surface area contributed by atoms with Crippen LogP contribution in [-0.4, -0.2) is 5.78 Å². The van der Waals surface area contributed by atoms with Crippen LogP contribution in [-0.2, 0) is 5.66 Å². The van der Waals surface area contributed by atoms with Gasteiger partial charge >= 0.3 is 0 Å². The van der Waals surface area contributed by atoms with E-state index in [-0.39, 0.29) is 5.78 Å². The molecule has 1 aliphatic rings. The number of ketones is 1. The second-order valence-corrected chi connectivity index (χ2v) is 5.36. The zero-order chi connectivity index (χ0) is 10.6. The molecule has 0 atom stereocenters. The lowest BCUT2D eigenvalue weighted by Gasteiger charge is -2.27. The molecule has 0 fully saturated rings. The van der Waals surface area contributed by atoms with E-state index in [2.05, 4.69) is 0 Å². The summed E-state index contributed by atoms with van der Waals surface area (Å²) in [6, 6.07) is 3.63. The maximum Gasteiger partial charge on any atom is 0.203 e. The normalized spacial score (nSPS) is 17.3. The first-order chi connectivity index (χ1) is 7.12. The molecule has 1 aliphatic carbocycles. The summed E-state index contributed by atoms with van der Waals surface area (Å²) >= 11 is 3.13. The molecule has 3 nitrogen and oxygen atoms in total. The number of carbonyl (C=O) groups is 1. The number of thiophene rings is 2. The van der Waals surface area contributed by atoms with Crippen LogP contribution in [0.2, 0.25) is 0 Å². The molecule has 0 aliphatic heterocycles. The summed E-state index contributed by atoms with van der Waals surface area (Å²) in [6.07, 6.45) is 0. The van der Waals surface area contributed by atoms with Crippen molar-refractivity contribution in [3.8, 4) is 9.75 Å². The molecular formula is C10H8N2OS2. The molecule has 15 heavy (non-hydrogen) atoms. The van der Waals surface area contributed by atoms with E-state index in [4.69, 9.17) is 11.5 Å². The van der Waals surface area contributed by atoms with Crippen molar-refractivity contribution in [2.24, 2.45) is 11.5 Å². The Hall–Kier alpha value is -1.01. The fraction of sp³-hybridized carbons (Fsp3) is 0.100. The molecular weight excluding hydrogens is 228 g/mol. The van der Waals surface area contributed by atoms with Gasteiger partial charge in [0, 0.05) is 11.1 Å². The third-order valence-corrected chi connectivity index (χ3v) is 4.60. The first-order valence-electron chi connectivity index (χ1n) is 4.41. The van der Waals surface area contributed by atoms with Crippen molar-refractivity contribution in [3.63, 3.8) is 0 Å². The monoisotopic (exact) mass is 236 g/mol. The molecule has 0 saturated carbocycles. The molecule has 0 unspecified atom stereocenters. The minimum Gasteiger partial charge on any atom is -0.303 e. The van der Waals surface area contributed by atoms with Crippen molar-refractivity contribution >= 4 is 28.5 Å². The molecule has 0 radical (unpaired) electrons. The van der Waals surface area contributed by atoms with Crippen molar-refractivity contribution in [3.05, 3.63) is 34.0 Å². The van der Waals surface area contributed by atoms with Crippen molar-refractivity contribution in [1.29, 1.82) is 0 Å². The predicted octanol–water partition coefficient (Wildman–Crippen LogP) is 1.74. The Labute approximate surface area is 94.3 Å². The average molecular weight is 236 g/mol. The predicted molar refractivity (Wildman–Crippen MR) is 62.0 cm³/mol. The van der Waals surface area contributed by atoms with Gasteiger partial charge in [-0.05, 0) is 22.9 Å². The fourth-order valence-corrected chi connectivity index (χ4v) is 3.87. The van der Waals surface area contributed by atoms with Crippen LogP contribution in [0.15, 0.2) is 22.9 Å². The molecule has 0 spiro atoms. The second-order valence-electron chi connectivity index (χ2n) is 3.52. The van der Waals surface area contributed by atoms with Gasteiger partial charge in [0.15, 0.2) is 5.66 Å². The van der Waals surface area contributed by atoms with E-state index in [0.29, 0.717) is 5.56 Å². The van der Waals surface area contributed by atoms with Gasteiger partial charge in [0.05, 0.1) is 9.75 Å². The van der Waals surface area contributed by atoms with Gasteiger partial charge in [-0.25, -0.2) is 0 Å². The lowest BCUT2D eigenvalue weighted by molar-refractivity contribution is 0.0889.